The van der Waals surface area contributed by atoms with Crippen molar-refractivity contribution in [1.29, 1.82) is 0 Å². The average Bonchev–Trinajstić information content (AvgIpc) is 2.25. The van der Waals surface area contributed by atoms with Gasteiger partial charge in [0, 0.05) is 6.54 Å². The zero-order valence-corrected chi connectivity index (χ0v) is 13.0. The summed E-state index contributed by atoms with van der Waals surface area (Å²) in [5, 5.41) is 9.18. The highest BCUT2D eigenvalue weighted by atomic mass is 32.2. The summed E-state index contributed by atoms with van der Waals surface area (Å²) in [6.07, 6.45) is 1.09. The van der Waals surface area contributed by atoms with Gasteiger partial charge < -0.3 is 10.0 Å². The molecular weight excluding hydrogens is 282 g/mol. The fourth-order valence-electron chi connectivity index (χ4n) is 2.51. The molecule has 0 bridgehead atoms. The van der Waals surface area contributed by atoms with Crippen molar-refractivity contribution in [3.05, 3.63) is 0 Å². The van der Waals surface area contributed by atoms with Crippen LogP contribution >= 0.6 is 0 Å². The predicted molar refractivity (Wildman–Crippen MR) is 75.0 cm³/mol. The number of amides is 1. The van der Waals surface area contributed by atoms with Crippen LogP contribution in [0.2, 0.25) is 0 Å². The number of sulfone groups is 1. The molecular formula is C13H23NO5S. The summed E-state index contributed by atoms with van der Waals surface area (Å²) in [5.41, 5.74) is 0. The Labute approximate surface area is 120 Å². The van der Waals surface area contributed by atoms with Gasteiger partial charge in [-0.1, -0.05) is 20.8 Å². The Hall–Kier alpha value is -1.11. The second-order valence-electron chi connectivity index (χ2n) is 6.02. The van der Waals surface area contributed by atoms with E-state index in [0.717, 1.165) is 0 Å². The summed E-state index contributed by atoms with van der Waals surface area (Å²) < 4.78 is 23.7. The van der Waals surface area contributed by atoms with E-state index < -0.39 is 33.5 Å². The fourth-order valence-corrected chi connectivity index (χ4v) is 4.19. The first-order valence-corrected chi connectivity index (χ1v) is 8.67. The van der Waals surface area contributed by atoms with Crippen LogP contribution in [0.3, 0.4) is 0 Å². The van der Waals surface area contributed by atoms with Gasteiger partial charge in [0.05, 0.1) is 5.75 Å². The molecule has 20 heavy (non-hydrogen) atoms. The van der Waals surface area contributed by atoms with Crippen LogP contribution in [-0.4, -0.2) is 54.4 Å². The highest BCUT2D eigenvalue weighted by molar-refractivity contribution is 7.92. The minimum atomic E-state index is -3.48. The van der Waals surface area contributed by atoms with E-state index in [1.807, 2.05) is 6.92 Å². The lowest BCUT2D eigenvalue weighted by Crippen LogP contribution is -2.51. The van der Waals surface area contributed by atoms with Gasteiger partial charge in [-0.05, 0) is 24.7 Å². The molecule has 116 valence electrons. The highest BCUT2D eigenvalue weighted by Crippen LogP contribution is 2.23. The Bertz CT molecular complexity index is 471. The van der Waals surface area contributed by atoms with Gasteiger partial charge in [0.2, 0.25) is 5.91 Å². The molecule has 1 amide bonds. The number of hydrogen-bond acceptors (Lipinski definition) is 4. The van der Waals surface area contributed by atoms with E-state index in [-0.39, 0.29) is 17.6 Å². The maximum Gasteiger partial charge on any atom is 0.326 e. The smallest absolute Gasteiger partial charge is 0.326 e. The van der Waals surface area contributed by atoms with Gasteiger partial charge in [0.25, 0.3) is 0 Å². The number of carbonyl (C=O) groups is 2. The first kappa shape index (κ1) is 16.9. The number of hydrogen-bond donors (Lipinski definition) is 1. The van der Waals surface area contributed by atoms with Crippen molar-refractivity contribution in [2.45, 2.75) is 39.7 Å². The molecule has 0 aromatic rings. The lowest BCUT2D eigenvalue weighted by atomic mass is 9.92. The number of carboxylic acids is 1. The molecule has 7 heteroatoms. The molecule has 0 radical (unpaired) electrons. The molecule has 1 N–H and O–H groups in total. The molecule has 0 aromatic heterocycles. The lowest BCUT2D eigenvalue weighted by molar-refractivity contribution is -0.152. The molecule has 1 heterocycles. The van der Waals surface area contributed by atoms with Crippen molar-refractivity contribution in [2.75, 3.05) is 18.1 Å². The number of aliphatic carboxylic acids is 1. The summed E-state index contributed by atoms with van der Waals surface area (Å²) in [5.74, 6) is -2.13. The Morgan fingerprint density at radius 2 is 1.95 bits per heavy atom. The predicted octanol–water partition coefficient (Wildman–Crippen LogP) is 0.769. The number of carboxylic acid groups (broad SMARTS) is 1. The van der Waals surface area contributed by atoms with Crippen molar-refractivity contribution in [3.63, 3.8) is 0 Å². The number of rotatable bonds is 5. The van der Waals surface area contributed by atoms with Gasteiger partial charge in [0.15, 0.2) is 9.84 Å². The molecule has 1 fully saturated rings. The average molecular weight is 305 g/mol. The van der Waals surface area contributed by atoms with E-state index in [0.29, 0.717) is 19.4 Å². The van der Waals surface area contributed by atoms with E-state index in [9.17, 15) is 23.1 Å². The molecule has 1 saturated heterocycles. The molecule has 2 unspecified atom stereocenters. The number of piperidine rings is 1. The number of likely N-dealkylation sites (tertiary alicyclic amines) is 1. The van der Waals surface area contributed by atoms with Crippen LogP contribution in [0.4, 0.5) is 0 Å². The summed E-state index contributed by atoms with van der Waals surface area (Å²) in [6.45, 7) is 5.79. The summed E-state index contributed by atoms with van der Waals surface area (Å²) in [4.78, 5) is 24.5. The van der Waals surface area contributed by atoms with Gasteiger partial charge in [-0.2, -0.15) is 0 Å². The topological polar surface area (TPSA) is 91.8 Å². The zero-order valence-electron chi connectivity index (χ0n) is 12.2. The van der Waals surface area contributed by atoms with E-state index in [2.05, 4.69) is 0 Å². The molecule has 0 aromatic carbocycles. The quantitative estimate of drug-likeness (QED) is 0.810. The maximum absolute atomic E-state index is 12.1. The van der Waals surface area contributed by atoms with Gasteiger partial charge in [-0.3, -0.25) is 4.79 Å². The molecule has 1 aliphatic heterocycles. The minimum Gasteiger partial charge on any atom is -0.480 e. The normalized spacial score (nSPS) is 23.9. The summed E-state index contributed by atoms with van der Waals surface area (Å²) >= 11 is 0. The first-order chi connectivity index (χ1) is 9.12. The van der Waals surface area contributed by atoms with Crippen molar-refractivity contribution in [2.24, 2.45) is 11.8 Å². The maximum atomic E-state index is 12.1. The molecule has 1 aliphatic rings. The Morgan fingerprint density at radius 3 is 2.45 bits per heavy atom. The van der Waals surface area contributed by atoms with Crippen LogP contribution in [0.1, 0.15) is 33.6 Å². The van der Waals surface area contributed by atoms with Gasteiger partial charge >= 0.3 is 5.97 Å². The number of carbonyl (C=O) groups excluding carboxylic acids is 1. The molecule has 0 spiro atoms. The van der Waals surface area contributed by atoms with Crippen LogP contribution in [0.15, 0.2) is 0 Å². The highest BCUT2D eigenvalue weighted by Gasteiger charge is 2.36. The minimum absolute atomic E-state index is 0.0514. The van der Waals surface area contributed by atoms with Crippen LogP contribution in [0, 0.1) is 11.8 Å². The van der Waals surface area contributed by atoms with E-state index in [1.165, 1.54) is 4.90 Å². The van der Waals surface area contributed by atoms with Gasteiger partial charge in [-0.15, -0.1) is 0 Å². The molecule has 6 nitrogen and oxygen atoms in total. The standard InChI is InChI=1S/C13H23NO5S/c1-9(2)7-20(18,19)8-12(15)14-5-4-10(3)6-11(14)13(16)17/h9-11H,4-8H2,1-3H3,(H,16,17). The Kier molecular flexibility index (Phi) is 5.56. The first-order valence-electron chi connectivity index (χ1n) is 6.85. The fraction of sp³-hybridized carbons (Fsp3) is 0.846. The van der Waals surface area contributed by atoms with Crippen LogP contribution in [0.25, 0.3) is 0 Å². The third-order valence-corrected chi connectivity index (χ3v) is 5.26. The lowest BCUT2D eigenvalue weighted by Gasteiger charge is -2.36. The second-order valence-corrected chi connectivity index (χ2v) is 8.13. The van der Waals surface area contributed by atoms with Crippen molar-refractivity contribution in [3.8, 4) is 0 Å². The SMILES string of the molecule is CC(C)CS(=O)(=O)CC(=O)N1CCC(C)CC1C(=O)O. The van der Waals surface area contributed by atoms with Gasteiger partial charge in [0.1, 0.15) is 11.8 Å². The third-order valence-electron chi connectivity index (χ3n) is 3.40. The Balaban J connectivity index is 2.77. The van der Waals surface area contributed by atoms with Gasteiger partial charge in [-0.25, -0.2) is 13.2 Å². The van der Waals surface area contributed by atoms with E-state index in [4.69, 9.17) is 0 Å². The number of nitrogens with zero attached hydrogens (tertiary/aromatic N) is 1. The third kappa shape index (κ3) is 4.77. The summed E-state index contributed by atoms with van der Waals surface area (Å²) in [6, 6.07) is -0.902. The van der Waals surface area contributed by atoms with Crippen LogP contribution in [0.5, 0.6) is 0 Å². The summed E-state index contributed by atoms with van der Waals surface area (Å²) in [7, 11) is -3.48. The molecule has 0 saturated carbocycles. The largest absolute Gasteiger partial charge is 0.480 e. The van der Waals surface area contributed by atoms with Crippen LogP contribution < -0.4 is 0 Å². The van der Waals surface area contributed by atoms with E-state index >= 15 is 0 Å². The van der Waals surface area contributed by atoms with Crippen molar-refractivity contribution >= 4 is 21.7 Å². The Morgan fingerprint density at radius 1 is 1.35 bits per heavy atom. The zero-order chi connectivity index (χ0) is 15.5. The monoisotopic (exact) mass is 305 g/mol. The van der Waals surface area contributed by atoms with Crippen molar-refractivity contribution < 1.29 is 23.1 Å². The molecule has 1 rings (SSSR count). The molecule has 0 aliphatic carbocycles. The van der Waals surface area contributed by atoms with Crippen LogP contribution in [-0.2, 0) is 19.4 Å². The molecule has 2 atom stereocenters. The van der Waals surface area contributed by atoms with Crippen molar-refractivity contribution in [1.82, 2.24) is 4.90 Å². The second kappa shape index (κ2) is 6.56. The van der Waals surface area contributed by atoms with E-state index in [1.54, 1.807) is 13.8 Å².